The second-order valence-electron chi connectivity index (χ2n) is 5.37. The van der Waals surface area contributed by atoms with Crippen LogP contribution in [0.5, 0.6) is 0 Å². The second kappa shape index (κ2) is 6.04. The molecule has 2 nitrogen and oxygen atoms in total. The molecule has 1 aromatic rings. The number of rotatable bonds is 4. The fraction of sp³-hybridized carbons (Fsp3) is 0.667. The van der Waals surface area contributed by atoms with Gasteiger partial charge in [0.2, 0.25) is 0 Å². The summed E-state index contributed by atoms with van der Waals surface area (Å²) in [4.78, 5) is 4.38. The van der Waals surface area contributed by atoms with Crippen LogP contribution in [-0.2, 0) is 0 Å². The predicted octanol–water partition coefficient (Wildman–Crippen LogP) is 4.16. The normalized spacial score (nSPS) is 24.6. The van der Waals surface area contributed by atoms with E-state index in [2.05, 4.69) is 30.2 Å². The fourth-order valence-corrected chi connectivity index (χ4v) is 2.83. The zero-order chi connectivity index (χ0) is 12.1. The molecule has 1 aromatic heterocycles. The number of anilines is 1. The van der Waals surface area contributed by atoms with Gasteiger partial charge in [0.05, 0.1) is 0 Å². The third-order valence-electron chi connectivity index (χ3n) is 3.81. The molecular weight excluding hydrogens is 208 g/mol. The molecule has 0 saturated heterocycles. The number of nitrogens with zero attached hydrogens (tertiary/aromatic N) is 1. The van der Waals surface area contributed by atoms with Gasteiger partial charge in [-0.05, 0) is 56.2 Å². The Morgan fingerprint density at radius 3 is 2.71 bits per heavy atom. The van der Waals surface area contributed by atoms with Gasteiger partial charge in [-0.1, -0.05) is 19.8 Å². The van der Waals surface area contributed by atoms with Gasteiger partial charge in [0.1, 0.15) is 5.82 Å². The first-order valence-corrected chi connectivity index (χ1v) is 6.97. The third-order valence-corrected chi connectivity index (χ3v) is 3.81. The average molecular weight is 232 g/mol. The van der Waals surface area contributed by atoms with Crippen LogP contribution in [0.4, 0.5) is 5.82 Å². The lowest BCUT2D eigenvalue weighted by Crippen LogP contribution is -2.26. The van der Waals surface area contributed by atoms with Crippen LogP contribution in [0.25, 0.3) is 0 Å². The van der Waals surface area contributed by atoms with E-state index in [1.165, 1.54) is 44.1 Å². The highest BCUT2D eigenvalue weighted by Crippen LogP contribution is 2.29. The molecule has 0 unspecified atom stereocenters. The van der Waals surface area contributed by atoms with E-state index in [-0.39, 0.29) is 0 Å². The maximum atomic E-state index is 4.38. The molecule has 1 saturated carbocycles. The largest absolute Gasteiger partial charge is 0.367 e. The molecule has 94 valence electrons. The Morgan fingerprint density at radius 1 is 1.29 bits per heavy atom. The van der Waals surface area contributed by atoms with E-state index in [0.717, 1.165) is 11.7 Å². The van der Waals surface area contributed by atoms with Crippen LogP contribution in [0.2, 0.25) is 0 Å². The van der Waals surface area contributed by atoms with Crippen LogP contribution in [-0.4, -0.2) is 11.0 Å². The van der Waals surface area contributed by atoms with Gasteiger partial charge >= 0.3 is 0 Å². The lowest BCUT2D eigenvalue weighted by atomic mass is 9.83. The summed E-state index contributed by atoms with van der Waals surface area (Å²) in [7, 11) is 0. The van der Waals surface area contributed by atoms with E-state index >= 15 is 0 Å². The molecule has 0 bridgehead atoms. The summed E-state index contributed by atoms with van der Waals surface area (Å²) < 4.78 is 0. The van der Waals surface area contributed by atoms with Crippen LogP contribution in [0.3, 0.4) is 0 Å². The molecular formula is C15H24N2. The quantitative estimate of drug-likeness (QED) is 0.843. The summed E-state index contributed by atoms with van der Waals surface area (Å²) in [5, 5.41) is 3.57. The van der Waals surface area contributed by atoms with E-state index in [0.29, 0.717) is 6.04 Å². The summed E-state index contributed by atoms with van der Waals surface area (Å²) in [5.74, 6) is 2.02. The summed E-state index contributed by atoms with van der Waals surface area (Å²) >= 11 is 0. The standard InChI is InChI=1S/C15H24N2/c1-3-4-13-5-7-14(8-6-13)17-15-11-12(2)9-10-16-15/h9-11,13-14H,3-8H2,1-2H3,(H,16,17). The maximum absolute atomic E-state index is 4.38. The summed E-state index contributed by atoms with van der Waals surface area (Å²) in [5.41, 5.74) is 1.28. The number of aromatic nitrogens is 1. The Morgan fingerprint density at radius 2 is 2.06 bits per heavy atom. The molecule has 1 aliphatic rings. The second-order valence-corrected chi connectivity index (χ2v) is 5.37. The summed E-state index contributed by atoms with van der Waals surface area (Å²) in [6, 6.07) is 4.82. The van der Waals surface area contributed by atoms with Gasteiger partial charge in [-0.15, -0.1) is 0 Å². The van der Waals surface area contributed by atoms with Crippen LogP contribution in [0.15, 0.2) is 18.3 Å². The van der Waals surface area contributed by atoms with Gasteiger partial charge < -0.3 is 5.32 Å². The third kappa shape index (κ3) is 3.72. The average Bonchev–Trinajstić information content (AvgIpc) is 2.32. The van der Waals surface area contributed by atoms with Crippen molar-refractivity contribution in [1.82, 2.24) is 4.98 Å². The minimum atomic E-state index is 0.636. The number of hydrogen-bond acceptors (Lipinski definition) is 2. The van der Waals surface area contributed by atoms with E-state index in [1.807, 2.05) is 12.3 Å². The highest BCUT2D eigenvalue weighted by atomic mass is 15.0. The van der Waals surface area contributed by atoms with E-state index in [4.69, 9.17) is 0 Å². The number of nitrogens with one attached hydrogen (secondary N) is 1. The maximum Gasteiger partial charge on any atom is 0.126 e. The van der Waals surface area contributed by atoms with E-state index < -0.39 is 0 Å². The Bertz CT molecular complexity index is 341. The molecule has 0 amide bonds. The zero-order valence-corrected chi connectivity index (χ0v) is 11.1. The highest BCUT2D eigenvalue weighted by Gasteiger charge is 2.20. The minimum Gasteiger partial charge on any atom is -0.367 e. The molecule has 0 atom stereocenters. The molecule has 0 radical (unpaired) electrons. The van der Waals surface area contributed by atoms with Crippen molar-refractivity contribution >= 4 is 5.82 Å². The van der Waals surface area contributed by atoms with Crippen molar-refractivity contribution in [3.8, 4) is 0 Å². The summed E-state index contributed by atoms with van der Waals surface area (Å²) in [6.45, 7) is 4.41. The Hall–Kier alpha value is -1.05. The topological polar surface area (TPSA) is 24.9 Å². The molecule has 0 aliphatic heterocycles. The van der Waals surface area contributed by atoms with Crippen molar-refractivity contribution in [3.05, 3.63) is 23.9 Å². The van der Waals surface area contributed by atoms with E-state index in [1.54, 1.807) is 0 Å². The van der Waals surface area contributed by atoms with Gasteiger partial charge in [-0.25, -0.2) is 4.98 Å². The molecule has 1 N–H and O–H groups in total. The first-order chi connectivity index (χ1) is 8.28. The smallest absolute Gasteiger partial charge is 0.126 e. The SMILES string of the molecule is CCCC1CCC(Nc2cc(C)ccn2)CC1. The Kier molecular flexibility index (Phi) is 4.41. The van der Waals surface area contributed by atoms with Crippen molar-refractivity contribution in [1.29, 1.82) is 0 Å². The van der Waals surface area contributed by atoms with Crippen molar-refractivity contribution < 1.29 is 0 Å². The van der Waals surface area contributed by atoms with Crippen molar-refractivity contribution in [3.63, 3.8) is 0 Å². The van der Waals surface area contributed by atoms with Crippen molar-refractivity contribution in [2.24, 2.45) is 5.92 Å². The van der Waals surface area contributed by atoms with Gasteiger partial charge in [0.25, 0.3) is 0 Å². The lowest BCUT2D eigenvalue weighted by Gasteiger charge is -2.29. The molecule has 0 spiro atoms. The fourth-order valence-electron chi connectivity index (χ4n) is 2.83. The van der Waals surface area contributed by atoms with Crippen LogP contribution < -0.4 is 5.32 Å². The molecule has 1 fully saturated rings. The van der Waals surface area contributed by atoms with Gasteiger partial charge in [-0.3, -0.25) is 0 Å². The van der Waals surface area contributed by atoms with Gasteiger partial charge in [0, 0.05) is 12.2 Å². The minimum absolute atomic E-state index is 0.636. The molecule has 2 rings (SSSR count). The predicted molar refractivity (Wildman–Crippen MR) is 73.3 cm³/mol. The molecule has 1 aliphatic carbocycles. The first kappa shape index (κ1) is 12.4. The zero-order valence-electron chi connectivity index (χ0n) is 11.1. The van der Waals surface area contributed by atoms with Crippen LogP contribution in [0, 0.1) is 12.8 Å². The molecule has 1 heterocycles. The van der Waals surface area contributed by atoms with Crippen LogP contribution in [0.1, 0.15) is 51.0 Å². The summed E-state index contributed by atoms with van der Waals surface area (Å²) in [6.07, 6.45) is 10.0. The monoisotopic (exact) mass is 232 g/mol. The highest BCUT2D eigenvalue weighted by molar-refractivity contribution is 5.38. The lowest BCUT2D eigenvalue weighted by molar-refractivity contribution is 0.318. The van der Waals surface area contributed by atoms with Crippen LogP contribution >= 0.6 is 0 Å². The molecule has 2 heteroatoms. The molecule has 0 aromatic carbocycles. The Balaban J connectivity index is 1.82. The Labute approximate surface area is 105 Å². The molecule has 17 heavy (non-hydrogen) atoms. The van der Waals surface area contributed by atoms with Crippen molar-refractivity contribution in [2.45, 2.75) is 58.4 Å². The van der Waals surface area contributed by atoms with Gasteiger partial charge in [-0.2, -0.15) is 0 Å². The number of pyridine rings is 1. The van der Waals surface area contributed by atoms with E-state index in [9.17, 15) is 0 Å². The number of aryl methyl sites for hydroxylation is 1. The number of hydrogen-bond donors (Lipinski definition) is 1. The van der Waals surface area contributed by atoms with Gasteiger partial charge in [0.15, 0.2) is 0 Å². The first-order valence-electron chi connectivity index (χ1n) is 6.97. The van der Waals surface area contributed by atoms with Crippen molar-refractivity contribution in [2.75, 3.05) is 5.32 Å².